The fourth-order valence-corrected chi connectivity index (χ4v) is 4.47. The molecule has 0 amide bonds. The molecule has 0 bridgehead atoms. The molecule has 0 fully saturated rings. The summed E-state index contributed by atoms with van der Waals surface area (Å²) in [5, 5.41) is 0. The molecule has 2 heteroatoms. The molecule has 1 unspecified atom stereocenters. The summed E-state index contributed by atoms with van der Waals surface area (Å²) in [4.78, 5) is 0. The van der Waals surface area contributed by atoms with Crippen molar-refractivity contribution in [3.63, 3.8) is 0 Å². The van der Waals surface area contributed by atoms with Gasteiger partial charge in [0.25, 0.3) is 0 Å². The van der Waals surface area contributed by atoms with Crippen molar-refractivity contribution in [3.8, 4) is 0 Å². The SMILES string of the molecule is Br.CCCCCCCCC(CCCCC)C(N)(CCCCC)CCCCC. The van der Waals surface area contributed by atoms with E-state index in [0.29, 0.717) is 0 Å². The number of hydrogen-bond acceptors (Lipinski definition) is 1. The van der Waals surface area contributed by atoms with Crippen LogP contribution in [0.2, 0.25) is 0 Å². The quantitative estimate of drug-likeness (QED) is 0.184. The molecular formula is C25H54BrN. The Morgan fingerprint density at radius 3 is 1.33 bits per heavy atom. The summed E-state index contributed by atoms with van der Waals surface area (Å²) >= 11 is 0. The van der Waals surface area contributed by atoms with Crippen molar-refractivity contribution in [2.24, 2.45) is 11.7 Å². The highest BCUT2D eigenvalue weighted by Crippen LogP contribution is 2.35. The highest BCUT2D eigenvalue weighted by Gasteiger charge is 2.32. The van der Waals surface area contributed by atoms with Gasteiger partial charge in [-0.15, -0.1) is 17.0 Å². The van der Waals surface area contributed by atoms with Crippen molar-refractivity contribution in [3.05, 3.63) is 0 Å². The van der Waals surface area contributed by atoms with Crippen molar-refractivity contribution in [2.45, 2.75) is 155 Å². The zero-order valence-electron chi connectivity index (χ0n) is 19.5. The smallest absolute Gasteiger partial charge is 0.0182 e. The standard InChI is InChI=1S/C25H53N.BrH/c1-5-9-13-14-15-17-21-24(20-16-10-6-2)25(26,22-18-11-7-3)23-19-12-8-4;/h24H,5-23,26H2,1-4H3;1H. The van der Waals surface area contributed by atoms with E-state index in [1.54, 1.807) is 0 Å². The maximum atomic E-state index is 7.17. The Labute approximate surface area is 183 Å². The molecule has 0 aliphatic heterocycles. The minimum absolute atomic E-state index is 0. The van der Waals surface area contributed by atoms with Gasteiger partial charge in [0.2, 0.25) is 0 Å². The minimum Gasteiger partial charge on any atom is -0.325 e. The third-order valence-corrected chi connectivity index (χ3v) is 6.37. The van der Waals surface area contributed by atoms with Crippen molar-refractivity contribution in [1.29, 1.82) is 0 Å². The van der Waals surface area contributed by atoms with Crippen LogP contribution in [0.3, 0.4) is 0 Å². The van der Waals surface area contributed by atoms with Gasteiger partial charge in [-0.1, -0.05) is 124 Å². The van der Waals surface area contributed by atoms with Gasteiger partial charge in [-0.05, 0) is 31.6 Å². The molecule has 0 rings (SSSR count). The first-order valence-electron chi connectivity index (χ1n) is 12.4. The molecule has 166 valence electrons. The van der Waals surface area contributed by atoms with E-state index in [9.17, 15) is 0 Å². The largest absolute Gasteiger partial charge is 0.325 e. The first-order valence-corrected chi connectivity index (χ1v) is 12.4. The van der Waals surface area contributed by atoms with Gasteiger partial charge in [0.15, 0.2) is 0 Å². The summed E-state index contributed by atoms with van der Waals surface area (Å²) in [5.74, 6) is 0.758. The lowest BCUT2D eigenvalue weighted by Gasteiger charge is -2.39. The summed E-state index contributed by atoms with van der Waals surface area (Å²) < 4.78 is 0. The van der Waals surface area contributed by atoms with Crippen molar-refractivity contribution in [2.75, 3.05) is 0 Å². The second-order valence-corrected chi connectivity index (χ2v) is 8.90. The Balaban J connectivity index is 0. The van der Waals surface area contributed by atoms with E-state index in [0.717, 1.165) is 5.92 Å². The van der Waals surface area contributed by atoms with Crippen LogP contribution in [0.15, 0.2) is 0 Å². The summed E-state index contributed by atoms with van der Waals surface area (Å²) in [5.41, 5.74) is 7.28. The van der Waals surface area contributed by atoms with Crippen LogP contribution in [-0.2, 0) is 0 Å². The van der Waals surface area contributed by atoms with E-state index in [4.69, 9.17) is 5.73 Å². The molecule has 0 aliphatic carbocycles. The lowest BCUT2D eigenvalue weighted by atomic mass is 9.72. The van der Waals surface area contributed by atoms with E-state index >= 15 is 0 Å². The van der Waals surface area contributed by atoms with E-state index in [1.807, 2.05) is 0 Å². The molecule has 0 aliphatic rings. The fourth-order valence-electron chi connectivity index (χ4n) is 4.47. The number of hydrogen-bond donors (Lipinski definition) is 1. The second kappa shape index (κ2) is 21.2. The average Bonchev–Trinajstić information content (AvgIpc) is 2.63. The summed E-state index contributed by atoms with van der Waals surface area (Å²) in [6, 6.07) is 0. The van der Waals surface area contributed by atoms with Crippen LogP contribution in [0.1, 0.15) is 150 Å². The zero-order chi connectivity index (χ0) is 19.5. The molecule has 0 spiro atoms. The van der Waals surface area contributed by atoms with Crippen LogP contribution in [0, 0.1) is 5.92 Å². The number of nitrogens with two attached hydrogens (primary N) is 1. The number of rotatable bonds is 20. The predicted octanol–water partition coefficient (Wildman–Crippen LogP) is 9.37. The Kier molecular flexibility index (Phi) is 23.2. The molecule has 1 atom stereocenters. The highest BCUT2D eigenvalue weighted by molar-refractivity contribution is 8.93. The molecule has 0 aromatic rings. The van der Waals surface area contributed by atoms with Crippen LogP contribution < -0.4 is 5.73 Å². The Hall–Kier alpha value is 0.440. The summed E-state index contributed by atoms with van der Waals surface area (Å²) in [7, 11) is 0. The van der Waals surface area contributed by atoms with Crippen molar-refractivity contribution < 1.29 is 0 Å². The summed E-state index contributed by atoms with van der Waals surface area (Å²) in [6.45, 7) is 9.24. The van der Waals surface area contributed by atoms with Gasteiger partial charge in [0, 0.05) is 5.54 Å². The van der Waals surface area contributed by atoms with Gasteiger partial charge < -0.3 is 5.73 Å². The second-order valence-electron chi connectivity index (χ2n) is 8.90. The van der Waals surface area contributed by atoms with E-state index < -0.39 is 0 Å². The van der Waals surface area contributed by atoms with E-state index in [2.05, 4.69) is 27.7 Å². The van der Waals surface area contributed by atoms with Gasteiger partial charge in [-0.3, -0.25) is 0 Å². The van der Waals surface area contributed by atoms with Crippen LogP contribution in [-0.4, -0.2) is 5.54 Å². The molecule has 0 aromatic heterocycles. The zero-order valence-corrected chi connectivity index (χ0v) is 21.2. The lowest BCUT2D eigenvalue weighted by molar-refractivity contribution is 0.190. The van der Waals surface area contributed by atoms with E-state index in [1.165, 1.54) is 122 Å². The third-order valence-electron chi connectivity index (χ3n) is 6.37. The van der Waals surface area contributed by atoms with Gasteiger partial charge in [0.05, 0.1) is 0 Å². The molecule has 1 nitrogen and oxygen atoms in total. The normalized spacial score (nSPS) is 12.8. The van der Waals surface area contributed by atoms with E-state index in [-0.39, 0.29) is 22.5 Å². The molecule has 0 saturated carbocycles. The monoisotopic (exact) mass is 447 g/mol. The fraction of sp³-hybridized carbons (Fsp3) is 1.00. The molecule has 0 heterocycles. The van der Waals surface area contributed by atoms with Gasteiger partial charge >= 0.3 is 0 Å². The lowest BCUT2D eigenvalue weighted by Crippen LogP contribution is -2.47. The van der Waals surface area contributed by atoms with Gasteiger partial charge in [0.1, 0.15) is 0 Å². The van der Waals surface area contributed by atoms with Crippen LogP contribution >= 0.6 is 17.0 Å². The van der Waals surface area contributed by atoms with Crippen molar-refractivity contribution in [1.82, 2.24) is 0 Å². The van der Waals surface area contributed by atoms with Crippen LogP contribution in [0.25, 0.3) is 0 Å². The predicted molar refractivity (Wildman–Crippen MR) is 131 cm³/mol. The first kappa shape index (κ1) is 29.6. The molecule has 0 saturated heterocycles. The van der Waals surface area contributed by atoms with Gasteiger partial charge in [-0.25, -0.2) is 0 Å². The molecule has 0 aromatic carbocycles. The third kappa shape index (κ3) is 16.0. The van der Waals surface area contributed by atoms with Crippen molar-refractivity contribution >= 4 is 17.0 Å². The maximum Gasteiger partial charge on any atom is 0.0182 e. The molecule has 27 heavy (non-hydrogen) atoms. The average molecular weight is 449 g/mol. The summed E-state index contributed by atoms with van der Waals surface area (Å²) in [6.07, 6.45) is 25.8. The molecule has 0 radical (unpaired) electrons. The number of unbranched alkanes of at least 4 members (excludes halogenated alkanes) is 11. The Bertz CT molecular complexity index is 269. The Morgan fingerprint density at radius 1 is 0.519 bits per heavy atom. The Morgan fingerprint density at radius 2 is 0.852 bits per heavy atom. The van der Waals surface area contributed by atoms with Crippen LogP contribution in [0.4, 0.5) is 0 Å². The van der Waals surface area contributed by atoms with Crippen LogP contribution in [0.5, 0.6) is 0 Å². The number of halogens is 1. The highest BCUT2D eigenvalue weighted by atomic mass is 79.9. The molecular weight excluding hydrogens is 394 g/mol. The molecule has 2 N–H and O–H groups in total. The maximum absolute atomic E-state index is 7.17. The topological polar surface area (TPSA) is 26.0 Å². The first-order chi connectivity index (χ1) is 12.6. The van der Waals surface area contributed by atoms with Gasteiger partial charge in [-0.2, -0.15) is 0 Å². The minimum atomic E-state index is 0.